The first-order valence-corrected chi connectivity index (χ1v) is 13.1. The van der Waals surface area contributed by atoms with E-state index < -0.39 is 5.60 Å². The van der Waals surface area contributed by atoms with Crippen molar-refractivity contribution in [1.82, 2.24) is 0 Å². The van der Waals surface area contributed by atoms with E-state index in [9.17, 15) is 9.59 Å². The fourth-order valence-electron chi connectivity index (χ4n) is 7.91. The third-order valence-corrected chi connectivity index (χ3v) is 10.9. The Morgan fingerprint density at radius 2 is 1.97 bits per heavy atom. The molecule has 0 unspecified atom stereocenters. The van der Waals surface area contributed by atoms with Gasteiger partial charge in [0.1, 0.15) is 5.60 Å². The number of esters is 1. The van der Waals surface area contributed by atoms with Gasteiger partial charge in [0, 0.05) is 6.42 Å². The second kappa shape index (κ2) is 8.50. The summed E-state index contributed by atoms with van der Waals surface area (Å²) in [6.45, 7) is 6.98. The molecule has 2 bridgehead atoms. The van der Waals surface area contributed by atoms with Crippen molar-refractivity contribution in [2.45, 2.75) is 102 Å². The molecule has 0 aromatic rings. The van der Waals surface area contributed by atoms with Crippen LogP contribution in [0.1, 0.15) is 85.0 Å². The molecule has 170 valence electrons. The van der Waals surface area contributed by atoms with E-state index in [0.717, 1.165) is 44.9 Å². The van der Waals surface area contributed by atoms with Gasteiger partial charge in [0.05, 0.1) is 18.0 Å². The van der Waals surface area contributed by atoms with Crippen LogP contribution in [0.25, 0.3) is 0 Å². The van der Waals surface area contributed by atoms with Crippen LogP contribution in [0.5, 0.6) is 0 Å². The Labute approximate surface area is 190 Å². The van der Waals surface area contributed by atoms with Crippen molar-refractivity contribution in [3.05, 3.63) is 0 Å². The molecule has 0 N–H and O–H groups in total. The number of halogens is 1. The highest BCUT2D eigenvalue weighted by Gasteiger charge is 2.68. The summed E-state index contributed by atoms with van der Waals surface area (Å²) < 4.78 is 11.6. The number of alkyl halides is 1. The SMILES string of the molecule is COC(=O)CC[C@@H](C)[C@H]1CC[C@H]2[C@H]3CC[C@H](C)C[C@H]4CCC[C@@]3(O4)C(=O)[C@@H](Br)[C@@]12C. The number of ketones is 1. The van der Waals surface area contributed by atoms with Gasteiger partial charge in [-0.05, 0) is 86.4 Å². The number of carbonyl (C=O) groups excluding carboxylic acids is 2. The molecule has 0 aromatic carbocycles. The maximum Gasteiger partial charge on any atom is 0.305 e. The van der Waals surface area contributed by atoms with E-state index >= 15 is 0 Å². The number of ether oxygens (including phenoxy) is 2. The fraction of sp³-hybridized carbons (Fsp3) is 0.920. The van der Waals surface area contributed by atoms with Crippen molar-refractivity contribution in [2.24, 2.45) is 35.0 Å². The highest BCUT2D eigenvalue weighted by atomic mass is 79.9. The van der Waals surface area contributed by atoms with Gasteiger partial charge < -0.3 is 9.47 Å². The Balaban J connectivity index is 1.64. The average Bonchev–Trinajstić information content (AvgIpc) is 3.08. The van der Waals surface area contributed by atoms with E-state index in [0.29, 0.717) is 41.8 Å². The minimum Gasteiger partial charge on any atom is -0.469 e. The van der Waals surface area contributed by atoms with Crippen molar-refractivity contribution in [3.8, 4) is 0 Å². The standard InChI is InChI=1S/C25H39BrO4/c1-15-7-9-20-19-11-10-18(16(2)8-12-21(27)29-4)24(19,3)22(26)23(28)25(20)13-5-6-17(14-15)30-25/h15-20,22H,5-14H2,1-4H3/t15-,16+,17+,18+,19-,20+,22+,24-,25-/m0/s1. The van der Waals surface area contributed by atoms with Gasteiger partial charge >= 0.3 is 5.97 Å². The van der Waals surface area contributed by atoms with E-state index in [1.165, 1.54) is 20.0 Å². The van der Waals surface area contributed by atoms with Crippen LogP contribution >= 0.6 is 15.9 Å². The molecule has 4 rings (SSSR count). The highest BCUT2D eigenvalue weighted by molar-refractivity contribution is 9.10. The van der Waals surface area contributed by atoms with E-state index in [2.05, 4.69) is 36.7 Å². The summed E-state index contributed by atoms with van der Waals surface area (Å²) >= 11 is 3.94. The Morgan fingerprint density at radius 1 is 1.23 bits per heavy atom. The minimum atomic E-state index is -0.564. The molecule has 4 fully saturated rings. The van der Waals surface area contributed by atoms with Gasteiger partial charge in [0.15, 0.2) is 5.78 Å². The van der Waals surface area contributed by atoms with Gasteiger partial charge in [-0.3, -0.25) is 9.59 Å². The molecule has 2 aliphatic heterocycles. The number of rotatable bonds is 4. The Kier molecular flexibility index (Phi) is 6.45. The number of hydrogen-bond acceptors (Lipinski definition) is 4. The summed E-state index contributed by atoms with van der Waals surface area (Å²) in [5.41, 5.74) is -0.632. The number of carbonyl (C=O) groups is 2. The summed E-state index contributed by atoms with van der Waals surface area (Å²) in [6, 6.07) is 0. The van der Waals surface area contributed by atoms with Crippen molar-refractivity contribution >= 4 is 27.7 Å². The lowest BCUT2D eigenvalue weighted by Gasteiger charge is -2.59. The first-order valence-electron chi connectivity index (χ1n) is 12.2. The van der Waals surface area contributed by atoms with Gasteiger partial charge in [-0.2, -0.15) is 0 Å². The lowest BCUT2D eigenvalue weighted by Crippen LogP contribution is -2.67. The normalized spacial score (nSPS) is 46.9. The first-order chi connectivity index (χ1) is 14.2. The molecule has 0 amide bonds. The minimum absolute atomic E-state index is 0.0682. The second-order valence-corrected chi connectivity index (χ2v) is 11.9. The zero-order chi connectivity index (χ0) is 21.7. The van der Waals surface area contributed by atoms with Gasteiger partial charge in [0.2, 0.25) is 0 Å². The van der Waals surface area contributed by atoms with E-state index in [1.807, 2.05) is 0 Å². The molecule has 5 heteroatoms. The molecule has 9 atom stereocenters. The van der Waals surface area contributed by atoms with Crippen LogP contribution in [-0.2, 0) is 19.1 Å². The predicted molar refractivity (Wildman–Crippen MR) is 120 cm³/mol. The molecule has 2 aliphatic carbocycles. The van der Waals surface area contributed by atoms with Crippen LogP contribution in [0.3, 0.4) is 0 Å². The van der Waals surface area contributed by atoms with Crippen LogP contribution < -0.4 is 0 Å². The van der Waals surface area contributed by atoms with Gasteiger partial charge in [-0.1, -0.05) is 43.1 Å². The molecular formula is C25H39BrO4. The molecule has 2 saturated carbocycles. The van der Waals surface area contributed by atoms with E-state index in [1.54, 1.807) is 0 Å². The third kappa shape index (κ3) is 3.50. The van der Waals surface area contributed by atoms with Crippen LogP contribution in [0.15, 0.2) is 0 Å². The van der Waals surface area contributed by atoms with Crippen molar-refractivity contribution in [1.29, 1.82) is 0 Å². The number of Topliss-reactive ketones (excluding diaryl/α,β-unsaturated/α-hetero) is 1. The van der Waals surface area contributed by atoms with Crippen LogP contribution in [0, 0.1) is 35.0 Å². The van der Waals surface area contributed by atoms with Gasteiger partial charge in [0.25, 0.3) is 0 Å². The molecule has 4 aliphatic rings. The quantitative estimate of drug-likeness (QED) is 0.380. The van der Waals surface area contributed by atoms with Crippen LogP contribution in [0.2, 0.25) is 0 Å². The average molecular weight is 483 g/mol. The Bertz CT molecular complexity index is 680. The Morgan fingerprint density at radius 3 is 2.70 bits per heavy atom. The van der Waals surface area contributed by atoms with E-state index in [4.69, 9.17) is 9.47 Å². The molecule has 30 heavy (non-hydrogen) atoms. The molecule has 0 aromatic heterocycles. The molecule has 2 saturated heterocycles. The summed E-state index contributed by atoms with van der Waals surface area (Å²) in [5.74, 6) is 2.55. The van der Waals surface area contributed by atoms with Crippen LogP contribution in [-0.4, -0.2) is 35.4 Å². The molecule has 2 heterocycles. The van der Waals surface area contributed by atoms with Gasteiger partial charge in [-0.15, -0.1) is 0 Å². The largest absolute Gasteiger partial charge is 0.469 e. The highest BCUT2D eigenvalue weighted by Crippen LogP contribution is 2.65. The topological polar surface area (TPSA) is 52.6 Å². The molecule has 1 spiro atoms. The summed E-state index contributed by atoms with van der Waals surface area (Å²) in [6.07, 6.45) is 10.4. The van der Waals surface area contributed by atoms with E-state index in [-0.39, 0.29) is 22.3 Å². The third-order valence-electron chi connectivity index (χ3n) is 9.47. The fourth-order valence-corrected chi connectivity index (χ4v) is 8.98. The smallest absolute Gasteiger partial charge is 0.305 e. The number of hydrogen-bond donors (Lipinski definition) is 0. The van der Waals surface area contributed by atoms with Crippen molar-refractivity contribution in [2.75, 3.05) is 7.11 Å². The summed E-state index contributed by atoms with van der Waals surface area (Å²) in [5, 5.41) is 0. The van der Waals surface area contributed by atoms with Crippen LogP contribution in [0.4, 0.5) is 0 Å². The summed E-state index contributed by atoms with van der Waals surface area (Å²) in [7, 11) is 1.46. The second-order valence-electron chi connectivity index (χ2n) is 11.0. The Hall–Kier alpha value is -0.420. The summed E-state index contributed by atoms with van der Waals surface area (Å²) in [4.78, 5) is 25.6. The molecule has 0 radical (unpaired) electrons. The molecule has 4 nitrogen and oxygen atoms in total. The lowest BCUT2D eigenvalue weighted by atomic mass is 9.52. The lowest BCUT2D eigenvalue weighted by molar-refractivity contribution is -0.211. The molecular weight excluding hydrogens is 444 g/mol. The monoisotopic (exact) mass is 482 g/mol. The zero-order valence-electron chi connectivity index (χ0n) is 19.1. The number of fused-ring (bicyclic) bond motifs is 3. The van der Waals surface area contributed by atoms with Crippen molar-refractivity contribution < 1.29 is 19.1 Å². The maximum atomic E-state index is 14.0. The predicted octanol–water partition coefficient (Wildman–Crippen LogP) is 5.70. The van der Waals surface area contributed by atoms with Crippen molar-refractivity contribution in [3.63, 3.8) is 0 Å². The maximum absolute atomic E-state index is 14.0. The first kappa shape index (κ1) is 22.8. The van der Waals surface area contributed by atoms with Gasteiger partial charge in [-0.25, -0.2) is 0 Å². The number of methoxy groups -OCH3 is 1. The zero-order valence-corrected chi connectivity index (χ0v) is 20.7.